The Hall–Kier alpha value is -2.02. The van der Waals surface area contributed by atoms with E-state index in [2.05, 4.69) is 10.3 Å². The summed E-state index contributed by atoms with van der Waals surface area (Å²) in [5.74, 6) is -0.220. The molecule has 23 heavy (non-hydrogen) atoms. The van der Waals surface area contributed by atoms with Gasteiger partial charge < -0.3 is 10.4 Å². The van der Waals surface area contributed by atoms with E-state index in [1.165, 1.54) is 11.3 Å². The maximum Gasteiger partial charge on any atom is 0.253 e. The summed E-state index contributed by atoms with van der Waals surface area (Å²) in [5, 5.41) is 18.6. The molecular weight excluding hydrogens is 328 g/mol. The number of aliphatic hydroxyl groups excluding tert-OH is 1. The molecule has 1 amide bonds. The van der Waals surface area contributed by atoms with E-state index in [0.29, 0.717) is 11.3 Å². The predicted octanol–water partition coefficient (Wildman–Crippen LogP) is 3.64. The van der Waals surface area contributed by atoms with Crippen molar-refractivity contribution in [3.63, 3.8) is 0 Å². The highest BCUT2D eigenvalue weighted by Crippen LogP contribution is 2.23. The van der Waals surface area contributed by atoms with Crippen molar-refractivity contribution in [2.75, 3.05) is 6.54 Å². The van der Waals surface area contributed by atoms with Crippen LogP contribution in [0.4, 0.5) is 0 Å². The zero-order valence-electron chi connectivity index (χ0n) is 12.5. The Morgan fingerprint density at radius 1 is 1.30 bits per heavy atom. The molecule has 0 radical (unpaired) electrons. The first kappa shape index (κ1) is 15.9. The molecule has 0 aliphatic carbocycles. The number of nitrogens with zero attached hydrogens (tertiary/aromatic N) is 1. The number of carbonyl (C=O) groups is 1. The maximum absolute atomic E-state index is 12.3. The molecule has 1 unspecified atom stereocenters. The normalized spacial score (nSPS) is 12.1. The first-order chi connectivity index (χ1) is 11.1. The minimum Gasteiger partial charge on any atom is -0.387 e. The number of thiophene rings is 2. The lowest BCUT2D eigenvalue weighted by molar-refractivity contribution is 0.0915. The van der Waals surface area contributed by atoms with Gasteiger partial charge in [-0.05, 0) is 52.9 Å². The highest BCUT2D eigenvalue weighted by molar-refractivity contribution is 7.13. The Morgan fingerprint density at radius 3 is 2.83 bits per heavy atom. The van der Waals surface area contributed by atoms with Crippen LogP contribution in [-0.4, -0.2) is 22.5 Å². The number of amides is 1. The zero-order chi connectivity index (χ0) is 16.2. The van der Waals surface area contributed by atoms with Crippen LogP contribution in [0.25, 0.3) is 10.6 Å². The fraction of sp³-hybridized carbons (Fsp3) is 0.176. The molecule has 2 N–H and O–H groups in total. The Labute approximate surface area is 142 Å². The Bertz CT molecular complexity index is 783. The standard InChI is InChI=1S/C17H16N2O2S2/c1-11-13(4-5-14(19-11)16-3-2-7-23-16)17(21)18-9-15(20)12-6-8-22-10-12/h2-8,10,15,20H,9H2,1H3,(H,18,21). The van der Waals surface area contributed by atoms with Gasteiger partial charge in [0, 0.05) is 6.54 Å². The molecule has 0 aromatic carbocycles. The van der Waals surface area contributed by atoms with Crippen LogP contribution in [0.2, 0.25) is 0 Å². The predicted molar refractivity (Wildman–Crippen MR) is 93.9 cm³/mol. The van der Waals surface area contributed by atoms with Gasteiger partial charge in [0.2, 0.25) is 0 Å². The van der Waals surface area contributed by atoms with E-state index < -0.39 is 6.10 Å². The molecule has 6 heteroatoms. The van der Waals surface area contributed by atoms with Crippen molar-refractivity contribution < 1.29 is 9.90 Å². The second-order valence-corrected chi connectivity index (χ2v) is 6.82. The number of hydrogen-bond acceptors (Lipinski definition) is 5. The number of carbonyl (C=O) groups excluding carboxylic acids is 1. The smallest absolute Gasteiger partial charge is 0.253 e. The van der Waals surface area contributed by atoms with Crippen molar-refractivity contribution in [2.24, 2.45) is 0 Å². The SMILES string of the molecule is Cc1nc(-c2cccs2)ccc1C(=O)NCC(O)c1ccsc1. The summed E-state index contributed by atoms with van der Waals surface area (Å²) in [6.45, 7) is 2.00. The third kappa shape index (κ3) is 3.67. The van der Waals surface area contributed by atoms with Crippen LogP contribution in [-0.2, 0) is 0 Å². The first-order valence-electron chi connectivity index (χ1n) is 7.15. The van der Waals surface area contributed by atoms with Gasteiger partial charge in [-0.3, -0.25) is 9.78 Å². The summed E-state index contributed by atoms with van der Waals surface area (Å²) >= 11 is 3.14. The van der Waals surface area contributed by atoms with E-state index in [1.54, 1.807) is 17.4 Å². The van der Waals surface area contributed by atoms with Crippen LogP contribution in [0.1, 0.15) is 27.7 Å². The first-order valence-corrected chi connectivity index (χ1v) is 8.97. The van der Waals surface area contributed by atoms with Crippen molar-refractivity contribution in [2.45, 2.75) is 13.0 Å². The molecule has 0 bridgehead atoms. The monoisotopic (exact) mass is 344 g/mol. The second-order valence-electron chi connectivity index (χ2n) is 5.09. The van der Waals surface area contributed by atoms with Gasteiger partial charge in [-0.2, -0.15) is 11.3 Å². The van der Waals surface area contributed by atoms with Gasteiger partial charge in [0.15, 0.2) is 0 Å². The molecule has 1 atom stereocenters. The van der Waals surface area contributed by atoms with Gasteiger partial charge >= 0.3 is 0 Å². The van der Waals surface area contributed by atoms with Crippen LogP contribution in [0.3, 0.4) is 0 Å². The zero-order valence-corrected chi connectivity index (χ0v) is 14.2. The van der Waals surface area contributed by atoms with Crippen molar-refractivity contribution in [1.29, 1.82) is 0 Å². The van der Waals surface area contributed by atoms with Crippen molar-refractivity contribution in [1.82, 2.24) is 10.3 Å². The topological polar surface area (TPSA) is 62.2 Å². The quantitative estimate of drug-likeness (QED) is 0.743. The van der Waals surface area contributed by atoms with Gasteiger partial charge in [-0.25, -0.2) is 0 Å². The molecule has 3 rings (SSSR count). The Morgan fingerprint density at radius 2 is 2.17 bits per heavy atom. The van der Waals surface area contributed by atoms with Crippen LogP contribution in [0.5, 0.6) is 0 Å². The molecule has 0 aliphatic rings. The molecule has 0 fully saturated rings. The van der Waals surface area contributed by atoms with Crippen LogP contribution in [0, 0.1) is 6.92 Å². The molecule has 0 saturated heterocycles. The number of pyridine rings is 1. The van der Waals surface area contributed by atoms with Crippen LogP contribution in [0.15, 0.2) is 46.5 Å². The third-order valence-corrected chi connectivity index (χ3v) is 5.08. The highest BCUT2D eigenvalue weighted by atomic mass is 32.1. The van der Waals surface area contributed by atoms with E-state index in [4.69, 9.17) is 0 Å². The van der Waals surface area contributed by atoms with Crippen LogP contribution < -0.4 is 5.32 Å². The van der Waals surface area contributed by atoms with E-state index in [1.807, 2.05) is 47.3 Å². The molecule has 118 valence electrons. The minimum atomic E-state index is -0.691. The number of rotatable bonds is 5. The maximum atomic E-state index is 12.3. The fourth-order valence-electron chi connectivity index (χ4n) is 2.23. The van der Waals surface area contributed by atoms with E-state index in [9.17, 15) is 9.90 Å². The third-order valence-electron chi connectivity index (χ3n) is 3.49. The largest absolute Gasteiger partial charge is 0.387 e. The van der Waals surface area contributed by atoms with Gasteiger partial charge in [0.1, 0.15) is 0 Å². The molecule has 3 aromatic rings. The van der Waals surface area contributed by atoms with Crippen molar-refractivity contribution >= 4 is 28.6 Å². The lowest BCUT2D eigenvalue weighted by Gasteiger charge is -2.12. The van der Waals surface area contributed by atoms with Gasteiger partial charge in [0.05, 0.1) is 27.9 Å². The summed E-state index contributed by atoms with van der Waals surface area (Å²) in [5.41, 5.74) is 2.90. The van der Waals surface area contributed by atoms with Gasteiger partial charge in [-0.1, -0.05) is 6.07 Å². The molecule has 0 aliphatic heterocycles. The number of aliphatic hydroxyl groups is 1. The highest BCUT2D eigenvalue weighted by Gasteiger charge is 2.14. The van der Waals surface area contributed by atoms with Gasteiger partial charge in [-0.15, -0.1) is 11.3 Å². The van der Waals surface area contributed by atoms with Crippen LogP contribution >= 0.6 is 22.7 Å². The summed E-state index contributed by atoms with van der Waals surface area (Å²) in [6, 6.07) is 9.46. The summed E-state index contributed by atoms with van der Waals surface area (Å²) in [4.78, 5) is 17.9. The average Bonchev–Trinajstić information content (AvgIpc) is 3.24. The Balaban J connectivity index is 1.68. The average molecular weight is 344 g/mol. The number of aromatic nitrogens is 1. The second kappa shape index (κ2) is 7.04. The molecular formula is C17H16N2O2S2. The van der Waals surface area contributed by atoms with E-state index in [-0.39, 0.29) is 12.5 Å². The Kier molecular flexibility index (Phi) is 4.85. The summed E-state index contributed by atoms with van der Waals surface area (Å²) in [7, 11) is 0. The fourth-order valence-corrected chi connectivity index (χ4v) is 3.63. The lowest BCUT2D eigenvalue weighted by atomic mass is 10.1. The van der Waals surface area contributed by atoms with E-state index in [0.717, 1.165) is 16.1 Å². The van der Waals surface area contributed by atoms with Gasteiger partial charge in [0.25, 0.3) is 5.91 Å². The number of hydrogen-bond donors (Lipinski definition) is 2. The number of nitrogens with one attached hydrogen (secondary N) is 1. The lowest BCUT2D eigenvalue weighted by Crippen LogP contribution is -2.29. The molecule has 0 spiro atoms. The molecule has 3 aromatic heterocycles. The summed E-state index contributed by atoms with van der Waals surface area (Å²) < 4.78 is 0. The number of aryl methyl sites for hydroxylation is 1. The molecule has 0 saturated carbocycles. The summed E-state index contributed by atoms with van der Waals surface area (Å²) in [6.07, 6.45) is -0.691. The minimum absolute atomic E-state index is 0.182. The van der Waals surface area contributed by atoms with Crippen molar-refractivity contribution in [3.05, 3.63) is 63.3 Å². The molecule has 4 nitrogen and oxygen atoms in total. The van der Waals surface area contributed by atoms with Crippen molar-refractivity contribution in [3.8, 4) is 10.6 Å². The molecule has 3 heterocycles. The van der Waals surface area contributed by atoms with E-state index >= 15 is 0 Å².